The molecule has 0 saturated heterocycles. The van der Waals surface area contributed by atoms with Crippen LogP contribution in [0.3, 0.4) is 0 Å². The summed E-state index contributed by atoms with van der Waals surface area (Å²) in [6.07, 6.45) is 3.45. The van der Waals surface area contributed by atoms with E-state index in [9.17, 15) is 4.79 Å². The predicted octanol–water partition coefficient (Wildman–Crippen LogP) is 2.56. The van der Waals surface area contributed by atoms with Crippen LogP contribution in [0.25, 0.3) is 0 Å². The summed E-state index contributed by atoms with van der Waals surface area (Å²) in [6.45, 7) is 4.51. The molecule has 0 fully saturated rings. The number of nitrogens with zero attached hydrogens (tertiary/aromatic N) is 2. The molecular weight excluding hydrogens is 278 g/mol. The molecule has 6 heteroatoms. The highest BCUT2D eigenvalue weighted by molar-refractivity contribution is 8.00. The molecule has 0 saturated carbocycles. The minimum absolute atomic E-state index is 0.0345. The fourth-order valence-electron chi connectivity index (χ4n) is 1.55. The van der Waals surface area contributed by atoms with Crippen molar-refractivity contribution >= 4 is 29.0 Å². The van der Waals surface area contributed by atoms with Gasteiger partial charge in [-0.3, -0.25) is 9.78 Å². The van der Waals surface area contributed by atoms with Crippen LogP contribution < -0.4 is 5.32 Å². The van der Waals surface area contributed by atoms with Gasteiger partial charge in [-0.05, 0) is 26.0 Å². The monoisotopic (exact) mass is 293 g/mol. The molecule has 1 N–H and O–H groups in total. The fourth-order valence-corrected chi connectivity index (χ4v) is 3.14. The summed E-state index contributed by atoms with van der Waals surface area (Å²) < 4.78 is 0. The molecule has 0 aromatic carbocycles. The van der Waals surface area contributed by atoms with Crippen LogP contribution in [0.5, 0.6) is 0 Å². The molecule has 19 heavy (non-hydrogen) atoms. The highest BCUT2D eigenvalue weighted by Gasteiger charge is 2.07. The van der Waals surface area contributed by atoms with E-state index < -0.39 is 0 Å². The number of amides is 1. The Morgan fingerprint density at radius 3 is 2.74 bits per heavy atom. The highest BCUT2D eigenvalue weighted by Crippen LogP contribution is 2.18. The summed E-state index contributed by atoms with van der Waals surface area (Å²) in [4.78, 5) is 22.2. The van der Waals surface area contributed by atoms with Crippen LogP contribution in [0.2, 0.25) is 0 Å². The zero-order chi connectivity index (χ0) is 13.7. The van der Waals surface area contributed by atoms with Crippen molar-refractivity contribution < 1.29 is 4.79 Å². The van der Waals surface area contributed by atoms with Gasteiger partial charge in [-0.25, -0.2) is 4.98 Å². The Balaban J connectivity index is 1.77. The number of pyridine rings is 1. The fraction of sp³-hybridized carbons (Fsp3) is 0.308. The van der Waals surface area contributed by atoms with Crippen LogP contribution >= 0.6 is 23.1 Å². The Hall–Kier alpha value is -1.40. The first-order chi connectivity index (χ1) is 9.15. The van der Waals surface area contributed by atoms with Crippen LogP contribution in [0.4, 0.5) is 0 Å². The number of hydrogen-bond donors (Lipinski definition) is 1. The number of nitrogens with one attached hydrogen (secondary N) is 1. The Morgan fingerprint density at radius 1 is 1.37 bits per heavy atom. The highest BCUT2D eigenvalue weighted by atomic mass is 32.2. The number of hydrogen-bond acceptors (Lipinski definition) is 5. The SMILES string of the molecule is Cc1nc(C)c(CNC(=O)CSc2ccncc2)s1. The maximum absolute atomic E-state index is 11.7. The van der Waals surface area contributed by atoms with Gasteiger partial charge in [0.25, 0.3) is 0 Å². The van der Waals surface area contributed by atoms with Gasteiger partial charge in [-0.15, -0.1) is 23.1 Å². The quantitative estimate of drug-likeness (QED) is 0.861. The summed E-state index contributed by atoms with van der Waals surface area (Å²) in [7, 11) is 0. The topological polar surface area (TPSA) is 54.9 Å². The Bertz CT molecular complexity index is 554. The number of carbonyl (C=O) groups is 1. The summed E-state index contributed by atoms with van der Waals surface area (Å²) in [5.74, 6) is 0.452. The lowest BCUT2D eigenvalue weighted by Gasteiger charge is -2.04. The molecule has 0 aliphatic rings. The number of aromatic nitrogens is 2. The molecule has 0 radical (unpaired) electrons. The van der Waals surface area contributed by atoms with Crippen LogP contribution in [-0.4, -0.2) is 21.6 Å². The molecule has 2 aromatic rings. The van der Waals surface area contributed by atoms with Gasteiger partial charge < -0.3 is 5.32 Å². The van der Waals surface area contributed by atoms with E-state index in [0.29, 0.717) is 12.3 Å². The van der Waals surface area contributed by atoms with E-state index in [0.717, 1.165) is 20.5 Å². The van der Waals surface area contributed by atoms with E-state index in [2.05, 4.69) is 15.3 Å². The molecule has 0 atom stereocenters. The second-order valence-corrected chi connectivity index (χ2v) is 6.33. The van der Waals surface area contributed by atoms with E-state index in [-0.39, 0.29) is 5.91 Å². The number of rotatable bonds is 5. The minimum Gasteiger partial charge on any atom is -0.350 e. The van der Waals surface area contributed by atoms with Crippen molar-refractivity contribution in [1.82, 2.24) is 15.3 Å². The van der Waals surface area contributed by atoms with Crippen molar-refractivity contribution in [2.24, 2.45) is 0 Å². The van der Waals surface area contributed by atoms with Crippen LogP contribution in [0, 0.1) is 13.8 Å². The lowest BCUT2D eigenvalue weighted by molar-refractivity contribution is -0.118. The zero-order valence-corrected chi connectivity index (χ0v) is 12.5. The standard InChI is InChI=1S/C13H15N3OS2/c1-9-12(19-10(2)16-9)7-15-13(17)8-18-11-3-5-14-6-4-11/h3-6H,7-8H2,1-2H3,(H,15,17). The first kappa shape index (κ1) is 14.0. The van der Waals surface area contributed by atoms with E-state index in [1.165, 1.54) is 11.8 Å². The van der Waals surface area contributed by atoms with Crippen LogP contribution in [0.15, 0.2) is 29.4 Å². The smallest absolute Gasteiger partial charge is 0.230 e. The second-order valence-electron chi connectivity index (χ2n) is 3.99. The largest absolute Gasteiger partial charge is 0.350 e. The first-order valence-electron chi connectivity index (χ1n) is 5.87. The predicted molar refractivity (Wildman–Crippen MR) is 78.4 cm³/mol. The van der Waals surface area contributed by atoms with E-state index >= 15 is 0 Å². The summed E-state index contributed by atoms with van der Waals surface area (Å²) >= 11 is 3.14. The number of thiazole rings is 1. The third-order valence-corrected chi connectivity index (χ3v) is 4.55. The summed E-state index contributed by atoms with van der Waals surface area (Å²) in [5.41, 5.74) is 1.00. The van der Waals surface area contributed by atoms with Gasteiger partial charge in [0.05, 0.1) is 23.0 Å². The van der Waals surface area contributed by atoms with Gasteiger partial charge in [-0.2, -0.15) is 0 Å². The average Bonchev–Trinajstić information content (AvgIpc) is 2.73. The van der Waals surface area contributed by atoms with Crippen LogP contribution in [0.1, 0.15) is 15.6 Å². The van der Waals surface area contributed by atoms with Crippen molar-refractivity contribution in [3.05, 3.63) is 40.1 Å². The second kappa shape index (κ2) is 6.68. The number of carbonyl (C=O) groups excluding carboxylic acids is 1. The normalized spacial score (nSPS) is 10.4. The molecule has 0 bridgehead atoms. The van der Waals surface area contributed by atoms with E-state index in [4.69, 9.17) is 0 Å². The number of aryl methyl sites for hydroxylation is 2. The van der Waals surface area contributed by atoms with Crippen molar-refractivity contribution in [3.63, 3.8) is 0 Å². The third kappa shape index (κ3) is 4.33. The lowest BCUT2D eigenvalue weighted by atomic mass is 10.4. The average molecular weight is 293 g/mol. The van der Waals surface area contributed by atoms with E-state index in [1.54, 1.807) is 23.7 Å². The molecule has 0 aliphatic heterocycles. The van der Waals surface area contributed by atoms with Crippen LogP contribution in [-0.2, 0) is 11.3 Å². The maximum Gasteiger partial charge on any atom is 0.230 e. The zero-order valence-electron chi connectivity index (χ0n) is 10.8. The Labute approximate surface area is 120 Å². The molecule has 0 spiro atoms. The Morgan fingerprint density at radius 2 is 2.11 bits per heavy atom. The van der Waals surface area contributed by atoms with Crippen molar-refractivity contribution in [3.8, 4) is 0 Å². The van der Waals surface area contributed by atoms with Gasteiger partial charge in [0.2, 0.25) is 5.91 Å². The minimum atomic E-state index is 0.0345. The molecule has 2 heterocycles. The number of thioether (sulfide) groups is 1. The van der Waals surface area contributed by atoms with Gasteiger partial charge in [0.15, 0.2) is 0 Å². The van der Waals surface area contributed by atoms with Crippen molar-refractivity contribution in [2.75, 3.05) is 5.75 Å². The molecule has 100 valence electrons. The summed E-state index contributed by atoms with van der Waals surface area (Å²) in [5, 5.41) is 3.95. The maximum atomic E-state index is 11.7. The van der Waals surface area contributed by atoms with Gasteiger partial charge in [-0.1, -0.05) is 0 Å². The molecule has 0 aliphatic carbocycles. The summed E-state index contributed by atoms with van der Waals surface area (Å²) in [6, 6.07) is 3.79. The van der Waals surface area contributed by atoms with Gasteiger partial charge in [0.1, 0.15) is 0 Å². The van der Waals surface area contributed by atoms with Crippen molar-refractivity contribution in [2.45, 2.75) is 25.3 Å². The molecule has 2 rings (SSSR count). The molecular formula is C13H15N3OS2. The van der Waals surface area contributed by atoms with Crippen molar-refractivity contribution in [1.29, 1.82) is 0 Å². The molecule has 4 nitrogen and oxygen atoms in total. The van der Waals surface area contributed by atoms with E-state index in [1.807, 2.05) is 26.0 Å². The first-order valence-corrected chi connectivity index (χ1v) is 7.68. The third-order valence-electron chi connectivity index (χ3n) is 2.47. The molecule has 0 unspecified atom stereocenters. The Kier molecular flexibility index (Phi) is 4.93. The van der Waals surface area contributed by atoms with Gasteiger partial charge in [0, 0.05) is 22.2 Å². The molecule has 2 aromatic heterocycles. The lowest BCUT2D eigenvalue weighted by Crippen LogP contribution is -2.24. The van der Waals surface area contributed by atoms with Gasteiger partial charge >= 0.3 is 0 Å². The molecule has 1 amide bonds.